The number of rotatable bonds is 8. The van der Waals surface area contributed by atoms with Gasteiger partial charge < -0.3 is 15.2 Å². The summed E-state index contributed by atoms with van der Waals surface area (Å²) < 4.78 is 10.7. The van der Waals surface area contributed by atoms with E-state index in [1.54, 1.807) is 14.2 Å². The van der Waals surface area contributed by atoms with Crippen LogP contribution in [0.3, 0.4) is 0 Å². The molecule has 1 rings (SSSR count). The number of hydrogen-bond acceptors (Lipinski definition) is 4. The highest BCUT2D eigenvalue weighted by Crippen LogP contribution is 2.35. The Bertz CT molecular complexity index is 415. The molecule has 1 aromatic carbocycles. The van der Waals surface area contributed by atoms with Gasteiger partial charge in [0, 0.05) is 30.3 Å². The van der Waals surface area contributed by atoms with Gasteiger partial charge in [-0.15, -0.1) is 0 Å². The van der Waals surface area contributed by atoms with Gasteiger partial charge in [0.2, 0.25) is 0 Å². The van der Waals surface area contributed by atoms with E-state index >= 15 is 0 Å². The average molecular weight is 301 g/mol. The topological polar surface area (TPSA) is 47.7 Å². The Morgan fingerprint density at radius 3 is 2.55 bits per heavy atom. The van der Waals surface area contributed by atoms with Crippen LogP contribution in [0.15, 0.2) is 18.2 Å². The molecule has 0 radical (unpaired) electrons. The second-order valence-corrected chi connectivity index (χ2v) is 5.15. The molecule has 20 heavy (non-hydrogen) atoms. The number of benzene rings is 1. The third-order valence-corrected chi connectivity index (χ3v) is 3.86. The summed E-state index contributed by atoms with van der Waals surface area (Å²) in [7, 11) is 3.36. The molecule has 0 fully saturated rings. The minimum Gasteiger partial charge on any atom is -0.496 e. The van der Waals surface area contributed by atoms with Crippen molar-refractivity contribution in [3.63, 3.8) is 0 Å². The lowest BCUT2D eigenvalue weighted by molar-refractivity contribution is 0.0743. The molecular weight excluding hydrogens is 276 g/mol. The molecule has 0 aliphatic carbocycles. The zero-order chi connectivity index (χ0) is 15.1. The van der Waals surface area contributed by atoms with Crippen LogP contribution in [0.25, 0.3) is 0 Å². The van der Waals surface area contributed by atoms with Crippen LogP contribution in [0.1, 0.15) is 25.5 Å². The van der Waals surface area contributed by atoms with Gasteiger partial charge in [-0.25, -0.2) is 0 Å². The number of methoxy groups -OCH3 is 2. The molecule has 0 heterocycles. The van der Waals surface area contributed by atoms with E-state index in [9.17, 15) is 0 Å². The SMILES string of the molecule is CCN(C(C)COC)C(CN)c1c(Cl)cccc1OC. The van der Waals surface area contributed by atoms with Gasteiger partial charge in [-0.3, -0.25) is 4.90 Å². The van der Waals surface area contributed by atoms with Gasteiger partial charge in [0.25, 0.3) is 0 Å². The number of likely N-dealkylation sites (N-methyl/N-ethyl adjacent to an activating group) is 1. The lowest BCUT2D eigenvalue weighted by Gasteiger charge is -2.36. The maximum Gasteiger partial charge on any atom is 0.125 e. The van der Waals surface area contributed by atoms with Crippen LogP contribution in [0, 0.1) is 0 Å². The first kappa shape index (κ1) is 17.2. The molecule has 2 atom stereocenters. The van der Waals surface area contributed by atoms with Crippen LogP contribution in [-0.4, -0.2) is 44.9 Å². The van der Waals surface area contributed by atoms with Gasteiger partial charge in [0.05, 0.1) is 19.8 Å². The number of nitrogens with zero attached hydrogens (tertiary/aromatic N) is 1. The first-order chi connectivity index (χ1) is 9.60. The van der Waals surface area contributed by atoms with Crippen LogP contribution < -0.4 is 10.5 Å². The minimum absolute atomic E-state index is 0.00815. The number of nitrogens with two attached hydrogens (primary N) is 1. The van der Waals surface area contributed by atoms with Gasteiger partial charge in [-0.1, -0.05) is 24.6 Å². The molecule has 0 bridgehead atoms. The molecular formula is C15H25ClN2O2. The molecule has 0 saturated heterocycles. The lowest BCUT2D eigenvalue weighted by atomic mass is 10.0. The van der Waals surface area contributed by atoms with Crippen molar-refractivity contribution in [3.8, 4) is 5.75 Å². The quantitative estimate of drug-likeness (QED) is 0.802. The second kappa shape index (κ2) is 8.47. The Balaban J connectivity index is 3.17. The molecule has 0 saturated carbocycles. The molecule has 0 amide bonds. The van der Waals surface area contributed by atoms with Gasteiger partial charge in [-0.05, 0) is 25.6 Å². The van der Waals surface area contributed by atoms with E-state index in [-0.39, 0.29) is 12.1 Å². The Labute approximate surface area is 126 Å². The highest BCUT2D eigenvalue weighted by molar-refractivity contribution is 6.31. The average Bonchev–Trinajstić information content (AvgIpc) is 2.45. The van der Waals surface area contributed by atoms with E-state index in [0.717, 1.165) is 17.9 Å². The predicted octanol–water partition coefficient (Wildman–Crippen LogP) is 2.71. The summed E-state index contributed by atoms with van der Waals surface area (Å²) in [5, 5.41) is 0.683. The molecule has 2 N–H and O–H groups in total. The summed E-state index contributed by atoms with van der Waals surface area (Å²) in [6.07, 6.45) is 0. The zero-order valence-electron chi connectivity index (χ0n) is 12.7. The Hall–Kier alpha value is -0.810. The number of halogens is 1. The van der Waals surface area contributed by atoms with Crippen LogP contribution in [-0.2, 0) is 4.74 Å². The van der Waals surface area contributed by atoms with Gasteiger partial charge in [0.15, 0.2) is 0 Å². The second-order valence-electron chi connectivity index (χ2n) is 4.74. The molecule has 0 aliphatic rings. The van der Waals surface area contributed by atoms with E-state index in [0.29, 0.717) is 18.2 Å². The first-order valence-electron chi connectivity index (χ1n) is 6.87. The largest absolute Gasteiger partial charge is 0.496 e. The lowest BCUT2D eigenvalue weighted by Crippen LogP contribution is -2.42. The fourth-order valence-electron chi connectivity index (χ4n) is 2.61. The molecule has 4 nitrogen and oxygen atoms in total. The molecule has 5 heteroatoms. The molecule has 0 aliphatic heterocycles. The van der Waals surface area contributed by atoms with Gasteiger partial charge in [-0.2, -0.15) is 0 Å². The third kappa shape index (κ3) is 3.85. The van der Waals surface area contributed by atoms with Gasteiger partial charge >= 0.3 is 0 Å². The summed E-state index contributed by atoms with van der Waals surface area (Å²) in [4.78, 5) is 2.28. The Kier molecular flexibility index (Phi) is 7.30. The molecule has 1 aromatic rings. The van der Waals surface area contributed by atoms with E-state index in [2.05, 4.69) is 18.7 Å². The van der Waals surface area contributed by atoms with Gasteiger partial charge in [0.1, 0.15) is 5.75 Å². The fraction of sp³-hybridized carbons (Fsp3) is 0.600. The van der Waals surface area contributed by atoms with E-state index in [1.807, 2.05) is 18.2 Å². The molecule has 0 spiro atoms. The Morgan fingerprint density at radius 2 is 2.05 bits per heavy atom. The van der Waals surface area contributed by atoms with E-state index in [4.69, 9.17) is 26.8 Å². The zero-order valence-corrected chi connectivity index (χ0v) is 13.5. The maximum atomic E-state index is 6.37. The van der Waals surface area contributed by atoms with Crippen LogP contribution in [0.4, 0.5) is 0 Å². The summed E-state index contributed by atoms with van der Waals surface area (Å²) in [5.41, 5.74) is 6.96. The van der Waals surface area contributed by atoms with Crippen molar-refractivity contribution in [2.24, 2.45) is 5.73 Å². The highest BCUT2D eigenvalue weighted by Gasteiger charge is 2.27. The van der Waals surface area contributed by atoms with Crippen molar-refractivity contribution in [1.82, 2.24) is 4.90 Å². The number of hydrogen-bond donors (Lipinski definition) is 1. The number of ether oxygens (including phenoxy) is 2. The highest BCUT2D eigenvalue weighted by atomic mass is 35.5. The normalized spacial score (nSPS) is 14.3. The van der Waals surface area contributed by atoms with Crippen molar-refractivity contribution < 1.29 is 9.47 Å². The Morgan fingerprint density at radius 1 is 1.35 bits per heavy atom. The van der Waals surface area contributed by atoms with Crippen molar-refractivity contribution in [2.45, 2.75) is 25.9 Å². The van der Waals surface area contributed by atoms with E-state index < -0.39 is 0 Å². The summed E-state index contributed by atoms with van der Waals surface area (Å²) in [6.45, 7) is 6.22. The van der Waals surface area contributed by atoms with Crippen LogP contribution in [0.2, 0.25) is 5.02 Å². The monoisotopic (exact) mass is 300 g/mol. The van der Waals surface area contributed by atoms with Crippen molar-refractivity contribution in [1.29, 1.82) is 0 Å². The predicted molar refractivity (Wildman–Crippen MR) is 83.5 cm³/mol. The maximum absolute atomic E-state index is 6.37. The fourth-order valence-corrected chi connectivity index (χ4v) is 2.91. The molecule has 0 aromatic heterocycles. The van der Waals surface area contributed by atoms with Crippen molar-refractivity contribution in [2.75, 3.05) is 33.9 Å². The van der Waals surface area contributed by atoms with Crippen LogP contribution >= 0.6 is 11.6 Å². The molecule has 2 unspecified atom stereocenters. The smallest absolute Gasteiger partial charge is 0.125 e. The van der Waals surface area contributed by atoms with Crippen LogP contribution in [0.5, 0.6) is 5.75 Å². The van der Waals surface area contributed by atoms with Crippen molar-refractivity contribution >= 4 is 11.6 Å². The summed E-state index contributed by atoms with van der Waals surface area (Å²) >= 11 is 6.37. The summed E-state index contributed by atoms with van der Waals surface area (Å²) in [5.74, 6) is 0.774. The minimum atomic E-state index is 0.00815. The summed E-state index contributed by atoms with van der Waals surface area (Å²) in [6, 6.07) is 5.93. The first-order valence-corrected chi connectivity index (χ1v) is 7.25. The van der Waals surface area contributed by atoms with Crippen molar-refractivity contribution in [3.05, 3.63) is 28.8 Å². The third-order valence-electron chi connectivity index (χ3n) is 3.53. The van der Waals surface area contributed by atoms with E-state index in [1.165, 1.54) is 0 Å². The molecule has 114 valence electrons. The standard InChI is InChI=1S/C15H25ClN2O2/c1-5-18(11(2)10-19-3)13(9-17)15-12(16)7-6-8-14(15)20-4/h6-8,11,13H,5,9-10,17H2,1-4H3.